The summed E-state index contributed by atoms with van der Waals surface area (Å²) in [5.41, 5.74) is 0.690. The first-order valence-corrected chi connectivity index (χ1v) is 5.80. The molecule has 17 heavy (non-hydrogen) atoms. The molecule has 1 nitrogen and oxygen atoms in total. The van der Waals surface area contributed by atoms with Gasteiger partial charge in [0.1, 0.15) is 17.2 Å². The van der Waals surface area contributed by atoms with E-state index in [0.29, 0.717) is 18.0 Å². The maximum atomic E-state index is 13.6. The predicted molar refractivity (Wildman–Crippen MR) is 65.2 cm³/mol. The number of hydrogen-bond acceptors (Lipinski definition) is 1. The molecule has 0 saturated heterocycles. The maximum Gasteiger partial charge on any atom is 0.149 e. The minimum Gasteiger partial charge on any atom is -0.250 e. The smallest absolute Gasteiger partial charge is 0.149 e. The highest BCUT2D eigenvalue weighted by Gasteiger charge is 2.13. The quantitative estimate of drug-likeness (QED) is 0.777. The highest BCUT2D eigenvalue weighted by atomic mass is 35.5. The number of aromatic nitrogens is 1. The Morgan fingerprint density at radius 2 is 1.88 bits per heavy atom. The topological polar surface area (TPSA) is 12.9 Å². The van der Waals surface area contributed by atoms with E-state index in [1.165, 1.54) is 0 Å². The van der Waals surface area contributed by atoms with E-state index in [0.717, 1.165) is 12.1 Å². The largest absolute Gasteiger partial charge is 0.250 e. The number of pyridine rings is 1. The second kappa shape index (κ2) is 4.57. The summed E-state index contributed by atoms with van der Waals surface area (Å²) in [7, 11) is 0. The van der Waals surface area contributed by atoms with Crippen molar-refractivity contribution in [2.45, 2.75) is 20.3 Å². The second-order valence-electron chi connectivity index (χ2n) is 4.45. The van der Waals surface area contributed by atoms with Gasteiger partial charge in [0.2, 0.25) is 0 Å². The van der Waals surface area contributed by atoms with Crippen LogP contribution in [0.15, 0.2) is 18.2 Å². The van der Waals surface area contributed by atoms with Crippen molar-refractivity contribution in [1.29, 1.82) is 0 Å². The number of rotatable bonds is 2. The van der Waals surface area contributed by atoms with Gasteiger partial charge in [-0.3, -0.25) is 0 Å². The van der Waals surface area contributed by atoms with Crippen molar-refractivity contribution in [3.05, 3.63) is 40.6 Å². The van der Waals surface area contributed by atoms with E-state index in [2.05, 4.69) is 4.98 Å². The molecule has 0 aliphatic rings. The van der Waals surface area contributed by atoms with Gasteiger partial charge >= 0.3 is 0 Å². The van der Waals surface area contributed by atoms with Crippen molar-refractivity contribution in [2.75, 3.05) is 0 Å². The van der Waals surface area contributed by atoms with E-state index in [1.54, 1.807) is 6.07 Å². The maximum absolute atomic E-state index is 13.6. The molecule has 0 fully saturated rings. The fraction of sp³-hybridized carbons (Fsp3) is 0.308. The molecular weight excluding hydrogens is 244 g/mol. The molecule has 1 heterocycles. The summed E-state index contributed by atoms with van der Waals surface area (Å²) in [6.07, 6.45) is 0.686. The molecule has 0 spiro atoms. The van der Waals surface area contributed by atoms with Crippen LogP contribution in [0.3, 0.4) is 0 Å². The number of fused-ring (bicyclic) bond motifs is 1. The van der Waals surface area contributed by atoms with Crippen LogP contribution in [0.1, 0.15) is 19.5 Å². The van der Waals surface area contributed by atoms with Gasteiger partial charge in [0.05, 0.1) is 10.4 Å². The highest BCUT2D eigenvalue weighted by Crippen LogP contribution is 2.28. The van der Waals surface area contributed by atoms with Gasteiger partial charge in [-0.25, -0.2) is 13.8 Å². The third-order valence-electron chi connectivity index (χ3n) is 2.48. The lowest BCUT2D eigenvalue weighted by molar-refractivity contribution is 0.610. The summed E-state index contributed by atoms with van der Waals surface area (Å²) in [5, 5.41) is 0.266. The zero-order valence-corrected chi connectivity index (χ0v) is 10.4. The van der Waals surface area contributed by atoms with Crippen LogP contribution in [-0.2, 0) is 6.42 Å². The molecule has 2 aromatic rings. The van der Waals surface area contributed by atoms with Crippen molar-refractivity contribution in [3.8, 4) is 0 Å². The van der Waals surface area contributed by atoms with Crippen molar-refractivity contribution in [1.82, 2.24) is 4.98 Å². The first kappa shape index (κ1) is 12.2. The Balaban J connectivity index is 2.68. The number of halogens is 3. The van der Waals surface area contributed by atoms with E-state index in [9.17, 15) is 8.78 Å². The minimum absolute atomic E-state index is 0.00755. The van der Waals surface area contributed by atoms with E-state index in [1.807, 2.05) is 13.8 Å². The highest BCUT2D eigenvalue weighted by molar-refractivity contribution is 6.35. The summed E-state index contributed by atoms with van der Waals surface area (Å²) >= 11 is 5.98. The third-order valence-corrected chi connectivity index (χ3v) is 2.78. The number of benzene rings is 1. The van der Waals surface area contributed by atoms with E-state index < -0.39 is 11.6 Å². The van der Waals surface area contributed by atoms with E-state index in [-0.39, 0.29) is 15.9 Å². The van der Waals surface area contributed by atoms with Crippen molar-refractivity contribution >= 4 is 22.5 Å². The SMILES string of the molecule is CC(C)Cc1cc(Cl)c2c(F)ccc(F)c2n1. The van der Waals surface area contributed by atoms with Crippen LogP contribution < -0.4 is 0 Å². The first-order chi connectivity index (χ1) is 7.99. The van der Waals surface area contributed by atoms with Gasteiger partial charge in [-0.2, -0.15) is 0 Å². The molecule has 2 rings (SSSR count). The molecule has 0 aliphatic carbocycles. The van der Waals surface area contributed by atoms with Crippen LogP contribution >= 0.6 is 11.6 Å². The molecule has 0 amide bonds. The Kier molecular flexibility index (Phi) is 3.29. The van der Waals surface area contributed by atoms with E-state index in [4.69, 9.17) is 11.6 Å². The average Bonchev–Trinajstić information content (AvgIpc) is 2.22. The average molecular weight is 256 g/mol. The van der Waals surface area contributed by atoms with Crippen LogP contribution in [0.25, 0.3) is 10.9 Å². The van der Waals surface area contributed by atoms with Gasteiger partial charge in [-0.1, -0.05) is 25.4 Å². The van der Waals surface area contributed by atoms with Crippen LogP contribution in [0.5, 0.6) is 0 Å². The molecule has 1 aromatic carbocycles. The van der Waals surface area contributed by atoms with Gasteiger partial charge in [-0.15, -0.1) is 0 Å². The normalized spacial score (nSPS) is 11.4. The molecule has 0 bridgehead atoms. The molecule has 0 radical (unpaired) electrons. The molecule has 0 unspecified atom stereocenters. The Morgan fingerprint density at radius 1 is 1.24 bits per heavy atom. The Labute approximate surface area is 103 Å². The number of hydrogen-bond donors (Lipinski definition) is 0. The van der Waals surface area contributed by atoms with E-state index >= 15 is 0 Å². The van der Waals surface area contributed by atoms with Crippen LogP contribution in [0.2, 0.25) is 5.02 Å². The molecular formula is C13H12ClF2N. The lowest BCUT2D eigenvalue weighted by Gasteiger charge is -2.08. The summed E-state index contributed by atoms with van der Waals surface area (Å²) in [4.78, 5) is 4.14. The van der Waals surface area contributed by atoms with Crippen LogP contribution in [0.4, 0.5) is 8.78 Å². The summed E-state index contributed by atoms with van der Waals surface area (Å²) in [6, 6.07) is 3.74. The monoisotopic (exact) mass is 255 g/mol. The fourth-order valence-electron chi connectivity index (χ4n) is 1.79. The van der Waals surface area contributed by atoms with Crippen LogP contribution in [0, 0.1) is 17.6 Å². The van der Waals surface area contributed by atoms with Gasteiger partial charge in [-0.05, 0) is 30.5 Å². The van der Waals surface area contributed by atoms with Gasteiger partial charge < -0.3 is 0 Å². The Bertz CT molecular complexity index is 567. The Morgan fingerprint density at radius 3 is 2.53 bits per heavy atom. The summed E-state index contributed by atoms with van der Waals surface area (Å²) in [5.74, 6) is -0.712. The van der Waals surface area contributed by atoms with Crippen molar-refractivity contribution in [2.24, 2.45) is 5.92 Å². The summed E-state index contributed by atoms with van der Waals surface area (Å²) in [6.45, 7) is 4.06. The standard InChI is InChI=1S/C13H12ClF2N/c1-7(2)5-8-6-9(14)12-10(15)3-4-11(16)13(12)17-8/h3-4,6-7H,5H2,1-2H3. The molecule has 0 N–H and O–H groups in total. The van der Waals surface area contributed by atoms with Gasteiger partial charge in [0.25, 0.3) is 0 Å². The minimum atomic E-state index is -0.547. The fourth-order valence-corrected chi connectivity index (χ4v) is 2.10. The van der Waals surface area contributed by atoms with Crippen molar-refractivity contribution < 1.29 is 8.78 Å². The lowest BCUT2D eigenvalue weighted by atomic mass is 10.1. The van der Waals surface area contributed by atoms with Gasteiger partial charge in [0, 0.05) is 5.69 Å². The molecule has 0 atom stereocenters. The lowest BCUT2D eigenvalue weighted by Crippen LogP contribution is -1.99. The van der Waals surface area contributed by atoms with Crippen molar-refractivity contribution in [3.63, 3.8) is 0 Å². The molecule has 0 saturated carbocycles. The second-order valence-corrected chi connectivity index (χ2v) is 4.85. The predicted octanol–water partition coefficient (Wildman–Crippen LogP) is 4.36. The molecule has 0 aliphatic heterocycles. The zero-order valence-electron chi connectivity index (χ0n) is 9.60. The number of nitrogens with zero attached hydrogens (tertiary/aromatic N) is 1. The Hall–Kier alpha value is -1.22. The molecule has 4 heteroatoms. The summed E-state index contributed by atoms with van der Waals surface area (Å²) < 4.78 is 27.1. The first-order valence-electron chi connectivity index (χ1n) is 5.42. The zero-order chi connectivity index (χ0) is 12.6. The van der Waals surface area contributed by atoms with Crippen LogP contribution in [-0.4, -0.2) is 4.98 Å². The molecule has 90 valence electrons. The molecule has 1 aromatic heterocycles. The van der Waals surface area contributed by atoms with Gasteiger partial charge in [0.15, 0.2) is 0 Å². The third kappa shape index (κ3) is 2.39.